The lowest BCUT2D eigenvalue weighted by Crippen LogP contribution is -2.77. The topological polar surface area (TPSA) is 137 Å². The van der Waals surface area contributed by atoms with Crippen LogP contribution in [0.3, 0.4) is 0 Å². The van der Waals surface area contributed by atoms with Crippen molar-refractivity contribution in [2.24, 2.45) is 34.5 Å². The lowest BCUT2D eigenvalue weighted by Gasteiger charge is -2.68. The molecule has 2 bridgehead atoms. The molecule has 156 valence electrons. The van der Waals surface area contributed by atoms with E-state index < -0.39 is 70.9 Å². The molecule has 0 aromatic heterocycles. The summed E-state index contributed by atoms with van der Waals surface area (Å²) in [6.45, 7) is 5.34. The molecule has 0 unspecified atom stereocenters. The number of carbonyl (C=O) groups excluding carboxylic acids is 1. The number of hydrogen-bond donors (Lipinski definition) is 5. The van der Waals surface area contributed by atoms with E-state index in [0.717, 1.165) is 5.57 Å². The van der Waals surface area contributed by atoms with Crippen LogP contribution in [0, 0.1) is 34.5 Å². The average molecular weight is 396 g/mol. The van der Waals surface area contributed by atoms with Crippen molar-refractivity contribution in [1.82, 2.24) is 0 Å². The maximum Gasteiger partial charge on any atom is 0.335 e. The average Bonchev–Trinajstić information content (AvgIpc) is 2.92. The number of carbonyl (C=O) groups is 1. The van der Waals surface area contributed by atoms with E-state index in [9.17, 15) is 30.3 Å². The number of hydrogen-bond acceptors (Lipinski definition) is 8. The van der Waals surface area contributed by atoms with Gasteiger partial charge in [-0.2, -0.15) is 0 Å². The van der Waals surface area contributed by atoms with Crippen LogP contribution >= 0.6 is 0 Å². The Morgan fingerprint density at radius 1 is 1.18 bits per heavy atom. The van der Waals surface area contributed by atoms with Crippen LogP contribution in [0.4, 0.5) is 0 Å². The molecular weight excluding hydrogens is 368 g/mol. The van der Waals surface area contributed by atoms with Crippen LogP contribution < -0.4 is 0 Å². The molecule has 5 N–H and O–H groups in total. The Bertz CT molecular complexity index is 767. The van der Waals surface area contributed by atoms with Crippen molar-refractivity contribution in [3.63, 3.8) is 0 Å². The van der Waals surface area contributed by atoms with E-state index in [1.807, 2.05) is 6.92 Å². The second kappa shape index (κ2) is 5.36. The highest BCUT2D eigenvalue weighted by Gasteiger charge is 2.83. The van der Waals surface area contributed by atoms with Crippen molar-refractivity contribution < 1.29 is 39.8 Å². The molecule has 2 aliphatic heterocycles. The van der Waals surface area contributed by atoms with E-state index >= 15 is 0 Å². The highest BCUT2D eigenvalue weighted by Crippen LogP contribution is 2.73. The van der Waals surface area contributed by atoms with E-state index in [0.29, 0.717) is 6.42 Å². The summed E-state index contributed by atoms with van der Waals surface area (Å²) in [5.41, 5.74) is -1.15. The van der Waals surface area contributed by atoms with Crippen molar-refractivity contribution in [2.45, 2.75) is 63.5 Å². The first-order valence-corrected chi connectivity index (χ1v) is 9.98. The summed E-state index contributed by atoms with van der Waals surface area (Å²) in [5, 5.41) is 54.8. The van der Waals surface area contributed by atoms with Gasteiger partial charge in [0.1, 0.15) is 12.2 Å². The van der Waals surface area contributed by atoms with Crippen LogP contribution in [0.1, 0.15) is 27.2 Å². The van der Waals surface area contributed by atoms with Gasteiger partial charge in [-0.1, -0.05) is 25.5 Å². The lowest BCUT2D eigenvalue weighted by molar-refractivity contribution is -0.344. The predicted octanol–water partition coefficient (Wildman–Crippen LogP) is -1.07. The molecule has 3 aliphatic carbocycles. The van der Waals surface area contributed by atoms with Crippen LogP contribution in [0.15, 0.2) is 11.6 Å². The second-order valence-electron chi connectivity index (χ2n) is 9.79. The van der Waals surface area contributed by atoms with E-state index in [4.69, 9.17) is 9.47 Å². The smallest absolute Gasteiger partial charge is 0.335 e. The van der Waals surface area contributed by atoms with Gasteiger partial charge in [-0.3, -0.25) is 0 Å². The van der Waals surface area contributed by atoms with Crippen molar-refractivity contribution in [2.75, 3.05) is 6.61 Å². The fraction of sp³-hybridized carbons (Fsp3) is 0.850. The monoisotopic (exact) mass is 396 g/mol. The van der Waals surface area contributed by atoms with Crippen LogP contribution in [0.25, 0.3) is 0 Å². The molecule has 1 spiro atoms. The minimum absolute atomic E-state index is 0.00310. The maximum atomic E-state index is 12.4. The third kappa shape index (κ3) is 1.77. The fourth-order valence-corrected chi connectivity index (χ4v) is 7.80. The first-order chi connectivity index (χ1) is 13.0. The molecule has 0 radical (unpaired) electrons. The Morgan fingerprint density at radius 2 is 1.86 bits per heavy atom. The molecule has 8 nitrogen and oxygen atoms in total. The molecule has 2 saturated carbocycles. The summed E-state index contributed by atoms with van der Waals surface area (Å²) in [4.78, 5) is 12.4. The molecule has 2 heterocycles. The molecule has 0 aromatic rings. The zero-order chi connectivity index (χ0) is 20.4. The third-order valence-corrected chi connectivity index (χ3v) is 8.82. The Hall–Kier alpha value is -1.03. The van der Waals surface area contributed by atoms with Crippen molar-refractivity contribution in [3.05, 3.63) is 11.6 Å². The number of allylic oxidation sites excluding steroid dienone is 1. The molecule has 0 amide bonds. The first kappa shape index (κ1) is 19.0. The summed E-state index contributed by atoms with van der Waals surface area (Å²) in [6, 6.07) is 0. The molecule has 0 aromatic carbocycles. The van der Waals surface area contributed by atoms with Gasteiger partial charge in [0.2, 0.25) is 0 Å². The molecular formula is C20H28O8. The number of fused-ring (bicyclic) bond motifs is 1. The normalized spacial score (nSPS) is 62.5. The Kier molecular flexibility index (Phi) is 3.63. The van der Waals surface area contributed by atoms with E-state index in [1.54, 1.807) is 19.9 Å². The Balaban J connectivity index is 1.78. The van der Waals surface area contributed by atoms with Gasteiger partial charge < -0.3 is 35.0 Å². The minimum atomic E-state index is -1.97. The molecule has 5 aliphatic rings. The Labute approximate surface area is 162 Å². The van der Waals surface area contributed by atoms with Crippen molar-refractivity contribution in [3.8, 4) is 0 Å². The van der Waals surface area contributed by atoms with Gasteiger partial charge >= 0.3 is 5.97 Å². The fourth-order valence-electron chi connectivity index (χ4n) is 7.80. The Morgan fingerprint density at radius 3 is 2.54 bits per heavy atom. The molecule has 8 heteroatoms. The molecule has 2 saturated heterocycles. The van der Waals surface area contributed by atoms with Gasteiger partial charge in [0, 0.05) is 22.7 Å². The summed E-state index contributed by atoms with van der Waals surface area (Å²) in [7, 11) is 0. The number of aliphatic hydroxyl groups excluding tert-OH is 4. The second-order valence-corrected chi connectivity index (χ2v) is 9.79. The highest BCUT2D eigenvalue weighted by atomic mass is 16.7. The highest BCUT2D eigenvalue weighted by molar-refractivity contribution is 5.76. The number of esters is 1. The van der Waals surface area contributed by atoms with Crippen LogP contribution in [-0.4, -0.2) is 74.4 Å². The number of rotatable bonds is 0. The van der Waals surface area contributed by atoms with Gasteiger partial charge in [0.15, 0.2) is 11.9 Å². The molecule has 12 atom stereocenters. The lowest BCUT2D eigenvalue weighted by atomic mass is 9.38. The standard InChI is InChI=1S/C20H28O8/c1-7-4-10(21)15(24)18(3)9(7)5-11-19-6-27-20(26,17(18)19)14(23)8(2)12(19)13(22)16(25)28-11/h4,8-15,17,21-24,26H,5-6H2,1-3H3/t8-,9+,10+,11-,12-,13-,14-,15-,17-,18-,19+,20+/m1/s1. The zero-order valence-corrected chi connectivity index (χ0v) is 16.1. The summed E-state index contributed by atoms with van der Waals surface area (Å²) >= 11 is 0. The van der Waals surface area contributed by atoms with Gasteiger partial charge in [0.25, 0.3) is 0 Å². The number of ether oxygens (including phenoxy) is 2. The van der Waals surface area contributed by atoms with Gasteiger partial charge in [-0.15, -0.1) is 0 Å². The van der Waals surface area contributed by atoms with Gasteiger partial charge in [-0.05, 0) is 25.2 Å². The predicted molar refractivity (Wildman–Crippen MR) is 93.4 cm³/mol. The van der Waals surface area contributed by atoms with Crippen LogP contribution in [0.2, 0.25) is 0 Å². The summed E-state index contributed by atoms with van der Waals surface area (Å²) < 4.78 is 11.5. The minimum Gasteiger partial charge on any atom is -0.460 e. The van der Waals surface area contributed by atoms with E-state index in [-0.39, 0.29) is 12.5 Å². The summed E-state index contributed by atoms with van der Waals surface area (Å²) in [6.07, 6.45) is -3.75. The maximum absolute atomic E-state index is 12.4. The van der Waals surface area contributed by atoms with Gasteiger partial charge in [0.05, 0.1) is 18.8 Å². The quantitative estimate of drug-likeness (QED) is 0.258. The number of aliphatic hydroxyl groups is 5. The summed E-state index contributed by atoms with van der Waals surface area (Å²) in [5.74, 6) is -5.11. The first-order valence-electron chi connectivity index (χ1n) is 9.98. The largest absolute Gasteiger partial charge is 0.460 e. The molecule has 4 fully saturated rings. The molecule has 5 rings (SSSR count). The van der Waals surface area contributed by atoms with E-state index in [2.05, 4.69) is 0 Å². The van der Waals surface area contributed by atoms with Crippen molar-refractivity contribution in [1.29, 1.82) is 0 Å². The van der Waals surface area contributed by atoms with E-state index in [1.165, 1.54) is 0 Å². The van der Waals surface area contributed by atoms with Crippen molar-refractivity contribution >= 4 is 5.97 Å². The van der Waals surface area contributed by atoms with Gasteiger partial charge in [-0.25, -0.2) is 4.79 Å². The SMILES string of the molecule is CC1=C[C@H](O)[C@@H](O)[C@]2(C)[C@H]3[C@@]4(O)OC[C@]35[C@H]([C@@H](C)[C@H]4O)[C@@H](O)C(=O)O[C@@H]5C[C@@H]12. The van der Waals surface area contributed by atoms with Crippen LogP contribution in [0.5, 0.6) is 0 Å². The zero-order valence-electron chi connectivity index (χ0n) is 16.1. The molecule has 28 heavy (non-hydrogen) atoms. The van der Waals surface area contributed by atoms with Crippen LogP contribution in [-0.2, 0) is 14.3 Å². The third-order valence-electron chi connectivity index (χ3n) is 8.82.